The fraction of sp³-hybridized carbons (Fsp3) is 0.261. The van der Waals surface area contributed by atoms with Crippen LogP contribution in [0.5, 0.6) is 0 Å². The third kappa shape index (κ3) is 4.14. The summed E-state index contributed by atoms with van der Waals surface area (Å²) in [5, 5.41) is 3.66. The van der Waals surface area contributed by atoms with Crippen LogP contribution in [0.4, 0.5) is 0 Å². The number of amides is 1. The van der Waals surface area contributed by atoms with Gasteiger partial charge in [-0.25, -0.2) is 9.78 Å². The molecule has 4 rings (SSSR count). The van der Waals surface area contributed by atoms with Gasteiger partial charge in [0, 0.05) is 31.0 Å². The van der Waals surface area contributed by atoms with E-state index in [9.17, 15) is 9.59 Å². The molecule has 0 bridgehead atoms. The van der Waals surface area contributed by atoms with Crippen LogP contribution in [0, 0.1) is 0 Å². The van der Waals surface area contributed by atoms with Crippen LogP contribution in [-0.2, 0) is 24.9 Å². The van der Waals surface area contributed by atoms with E-state index in [-0.39, 0.29) is 18.1 Å². The molecule has 0 radical (unpaired) electrons. The number of benzene rings is 2. The molecule has 0 spiro atoms. The van der Waals surface area contributed by atoms with Crippen LogP contribution in [-0.4, -0.2) is 24.6 Å². The van der Waals surface area contributed by atoms with Crippen LogP contribution in [0.25, 0.3) is 11.0 Å². The van der Waals surface area contributed by atoms with Crippen LogP contribution in [0.3, 0.4) is 0 Å². The molecule has 2 heterocycles. The fourth-order valence-corrected chi connectivity index (χ4v) is 3.95. The van der Waals surface area contributed by atoms with E-state index in [0.717, 1.165) is 23.0 Å². The minimum absolute atomic E-state index is 0.0788. The molecular weight excluding hydrogens is 414 g/mol. The standard InChI is InChI=1S/C23H24ClN5O2/c1-3-13-28-18-6-4-5-7-19(18)29(23(28)31)15-20(30)26-21(22-25-12-14-27(22)2)16-8-10-17(24)11-9-16/h4-12,14,21H,3,13,15H2,1-2H3,(H,26,30)/t21-/m1/s1. The fourth-order valence-electron chi connectivity index (χ4n) is 3.82. The third-order valence-corrected chi connectivity index (χ3v) is 5.55. The van der Waals surface area contributed by atoms with Crippen molar-refractivity contribution in [3.8, 4) is 0 Å². The summed E-state index contributed by atoms with van der Waals surface area (Å²) < 4.78 is 5.11. The Hall–Kier alpha value is -3.32. The van der Waals surface area contributed by atoms with Gasteiger partial charge < -0.3 is 9.88 Å². The molecule has 1 amide bonds. The van der Waals surface area contributed by atoms with Crippen molar-refractivity contribution >= 4 is 28.5 Å². The number of carbonyl (C=O) groups is 1. The van der Waals surface area contributed by atoms with Crippen LogP contribution in [0.15, 0.2) is 65.7 Å². The molecule has 0 saturated carbocycles. The van der Waals surface area contributed by atoms with E-state index in [2.05, 4.69) is 10.3 Å². The molecule has 0 saturated heterocycles. The first-order valence-electron chi connectivity index (χ1n) is 10.2. The zero-order chi connectivity index (χ0) is 22.0. The number of para-hydroxylation sites is 2. The normalized spacial score (nSPS) is 12.2. The molecule has 160 valence electrons. The van der Waals surface area contributed by atoms with E-state index >= 15 is 0 Å². The Bertz CT molecular complexity index is 1270. The lowest BCUT2D eigenvalue weighted by molar-refractivity contribution is -0.122. The van der Waals surface area contributed by atoms with E-state index in [1.807, 2.05) is 61.1 Å². The summed E-state index contributed by atoms with van der Waals surface area (Å²) in [7, 11) is 1.88. The zero-order valence-corrected chi connectivity index (χ0v) is 18.2. The SMILES string of the molecule is CCCn1c(=O)n(CC(=O)N[C@H](c2ccc(Cl)cc2)c2nccn2C)c2ccccc21. The van der Waals surface area contributed by atoms with Crippen molar-refractivity contribution in [3.63, 3.8) is 0 Å². The van der Waals surface area contributed by atoms with Crippen molar-refractivity contribution in [3.05, 3.63) is 87.8 Å². The smallest absolute Gasteiger partial charge is 0.329 e. The summed E-state index contributed by atoms with van der Waals surface area (Å²) in [5.41, 5.74) is 2.25. The molecule has 1 atom stereocenters. The minimum atomic E-state index is -0.468. The molecule has 0 unspecified atom stereocenters. The van der Waals surface area contributed by atoms with Crippen LogP contribution in [0.1, 0.15) is 30.8 Å². The van der Waals surface area contributed by atoms with Crippen molar-refractivity contribution in [1.29, 1.82) is 0 Å². The number of nitrogens with zero attached hydrogens (tertiary/aromatic N) is 4. The predicted octanol–water partition coefficient (Wildman–Crippen LogP) is 3.51. The number of hydrogen-bond donors (Lipinski definition) is 1. The number of rotatable bonds is 7. The van der Waals surface area contributed by atoms with Crippen molar-refractivity contribution in [2.45, 2.75) is 32.5 Å². The lowest BCUT2D eigenvalue weighted by atomic mass is 10.1. The number of aryl methyl sites for hydroxylation is 2. The Balaban J connectivity index is 1.66. The second kappa shape index (κ2) is 8.81. The van der Waals surface area contributed by atoms with Gasteiger partial charge in [-0.15, -0.1) is 0 Å². The highest BCUT2D eigenvalue weighted by Gasteiger charge is 2.22. The topological polar surface area (TPSA) is 73.8 Å². The molecule has 8 heteroatoms. The summed E-state index contributed by atoms with van der Waals surface area (Å²) in [6.07, 6.45) is 4.35. The molecule has 2 aromatic carbocycles. The highest BCUT2D eigenvalue weighted by atomic mass is 35.5. The summed E-state index contributed by atoms with van der Waals surface area (Å²) in [6, 6.07) is 14.4. The Morgan fingerprint density at radius 2 is 1.77 bits per heavy atom. The summed E-state index contributed by atoms with van der Waals surface area (Å²) in [5.74, 6) is 0.417. The van der Waals surface area contributed by atoms with Gasteiger partial charge in [0.15, 0.2) is 0 Å². The Kier molecular flexibility index (Phi) is 5.95. The Labute approximate surface area is 184 Å². The number of fused-ring (bicyclic) bond motifs is 1. The monoisotopic (exact) mass is 437 g/mol. The van der Waals surface area contributed by atoms with Gasteiger partial charge in [0.1, 0.15) is 18.4 Å². The maximum absolute atomic E-state index is 13.1. The number of aromatic nitrogens is 4. The van der Waals surface area contributed by atoms with Crippen molar-refractivity contribution in [2.75, 3.05) is 0 Å². The van der Waals surface area contributed by atoms with Gasteiger partial charge in [0.2, 0.25) is 5.91 Å². The lowest BCUT2D eigenvalue weighted by Gasteiger charge is -2.19. The third-order valence-electron chi connectivity index (χ3n) is 5.30. The Morgan fingerprint density at radius 1 is 1.10 bits per heavy atom. The molecule has 7 nitrogen and oxygen atoms in total. The number of imidazole rings is 2. The maximum atomic E-state index is 13.1. The quantitative estimate of drug-likeness (QED) is 0.481. The average molecular weight is 438 g/mol. The van der Waals surface area contributed by atoms with Gasteiger partial charge in [0.25, 0.3) is 0 Å². The summed E-state index contributed by atoms with van der Waals surface area (Å²) in [4.78, 5) is 30.5. The van der Waals surface area contributed by atoms with Gasteiger partial charge >= 0.3 is 5.69 Å². The molecule has 1 N–H and O–H groups in total. The predicted molar refractivity (Wildman–Crippen MR) is 121 cm³/mol. The molecule has 0 aliphatic rings. The summed E-state index contributed by atoms with van der Waals surface area (Å²) >= 11 is 6.04. The largest absolute Gasteiger partial charge is 0.341 e. The van der Waals surface area contributed by atoms with Crippen molar-refractivity contribution in [1.82, 2.24) is 24.0 Å². The maximum Gasteiger partial charge on any atom is 0.329 e. The first kappa shape index (κ1) is 20.9. The molecule has 0 aliphatic carbocycles. The molecule has 31 heavy (non-hydrogen) atoms. The summed E-state index contributed by atoms with van der Waals surface area (Å²) in [6.45, 7) is 2.55. The van der Waals surface area contributed by atoms with Crippen molar-refractivity contribution < 1.29 is 4.79 Å². The van der Waals surface area contributed by atoms with E-state index in [1.54, 1.807) is 22.9 Å². The first-order chi connectivity index (χ1) is 15.0. The Morgan fingerprint density at radius 3 is 2.39 bits per heavy atom. The average Bonchev–Trinajstić information content (AvgIpc) is 3.30. The number of nitrogens with one attached hydrogen (secondary N) is 1. The van der Waals surface area contributed by atoms with E-state index in [0.29, 0.717) is 17.4 Å². The first-order valence-corrected chi connectivity index (χ1v) is 10.6. The van der Waals surface area contributed by atoms with Crippen LogP contribution >= 0.6 is 11.6 Å². The van der Waals surface area contributed by atoms with E-state index in [1.165, 1.54) is 4.57 Å². The van der Waals surface area contributed by atoms with Crippen molar-refractivity contribution in [2.24, 2.45) is 7.05 Å². The van der Waals surface area contributed by atoms with Gasteiger partial charge in [-0.2, -0.15) is 0 Å². The van der Waals surface area contributed by atoms with Gasteiger partial charge in [-0.1, -0.05) is 42.8 Å². The second-order valence-electron chi connectivity index (χ2n) is 7.46. The molecule has 4 aromatic rings. The van der Waals surface area contributed by atoms with Gasteiger partial charge in [-0.3, -0.25) is 13.9 Å². The molecule has 0 fully saturated rings. The van der Waals surface area contributed by atoms with Crippen LogP contribution in [0.2, 0.25) is 5.02 Å². The molecule has 2 aromatic heterocycles. The number of hydrogen-bond acceptors (Lipinski definition) is 3. The number of carbonyl (C=O) groups excluding carboxylic acids is 1. The van der Waals surface area contributed by atoms with Gasteiger partial charge in [-0.05, 0) is 36.2 Å². The van der Waals surface area contributed by atoms with E-state index < -0.39 is 6.04 Å². The van der Waals surface area contributed by atoms with E-state index in [4.69, 9.17) is 11.6 Å². The highest BCUT2D eigenvalue weighted by Crippen LogP contribution is 2.22. The molecule has 0 aliphatic heterocycles. The minimum Gasteiger partial charge on any atom is -0.341 e. The lowest BCUT2D eigenvalue weighted by Crippen LogP contribution is -2.36. The second-order valence-corrected chi connectivity index (χ2v) is 7.89. The zero-order valence-electron chi connectivity index (χ0n) is 17.5. The molecular formula is C23H24ClN5O2. The highest BCUT2D eigenvalue weighted by molar-refractivity contribution is 6.30. The van der Waals surface area contributed by atoms with Gasteiger partial charge in [0.05, 0.1) is 11.0 Å². The number of halogens is 1. The van der Waals surface area contributed by atoms with Crippen LogP contribution < -0.4 is 11.0 Å².